The lowest BCUT2D eigenvalue weighted by Gasteiger charge is -2.27. The molecule has 13 heteroatoms. The highest BCUT2D eigenvalue weighted by Gasteiger charge is 2.27. The van der Waals surface area contributed by atoms with Crippen LogP contribution in [0.25, 0.3) is 5.65 Å². The number of aromatic nitrogens is 3. The number of nitrogens with one attached hydrogen (secondary N) is 4. The van der Waals surface area contributed by atoms with Gasteiger partial charge in [-0.05, 0) is 49.3 Å². The number of anilines is 1. The first kappa shape index (κ1) is 26.1. The van der Waals surface area contributed by atoms with Gasteiger partial charge >= 0.3 is 0 Å². The smallest absolute Gasteiger partial charge is 0.270 e. The van der Waals surface area contributed by atoms with E-state index in [1.807, 2.05) is 0 Å². The Morgan fingerprint density at radius 3 is 2.69 bits per heavy atom. The summed E-state index contributed by atoms with van der Waals surface area (Å²) >= 11 is 0. The summed E-state index contributed by atoms with van der Waals surface area (Å²) in [4.78, 5) is 53.5. The molecule has 12 nitrogen and oxygen atoms in total. The molecule has 0 radical (unpaired) electrons. The maximum Gasteiger partial charge on any atom is 0.270 e. The van der Waals surface area contributed by atoms with Crippen LogP contribution in [0.15, 0.2) is 30.5 Å². The van der Waals surface area contributed by atoms with E-state index < -0.39 is 17.6 Å². The van der Waals surface area contributed by atoms with Crippen molar-refractivity contribution in [1.29, 1.82) is 0 Å². The van der Waals surface area contributed by atoms with Gasteiger partial charge in [0.05, 0.1) is 11.9 Å². The molecule has 4 amide bonds. The summed E-state index contributed by atoms with van der Waals surface area (Å²) in [5.41, 5.74) is 0.774. The van der Waals surface area contributed by atoms with Crippen molar-refractivity contribution in [3.63, 3.8) is 0 Å². The average molecular weight is 538 g/mol. The van der Waals surface area contributed by atoms with Gasteiger partial charge in [0.25, 0.3) is 17.7 Å². The van der Waals surface area contributed by atoms with Crippen molar-refractivity contribution in [2.45, 2.75) is 32.2 Å². The quantitative estimate of drug-likeness (QED) is 0.355. The van der Waals surface area contributed by atoms with Gasteiger partial charge in [-0.3, -0.25) is 19.2 Å². The molecule has 1 fully saturated rings. The molecule has 0 bridgehead atoms. The molecular weight excluding hydrogens is 509 g/mol. The zero-order chi connectivity index (χ0) is 27.5. The fourth-order valence-electron chi connectivity index (χ4n) is 4.89. The lowest BCUT2D eigenvalue weighted by Crippen LogP contribution is -2.35. The second-order valence-electron chi connectivity index (χ2n) is 9.65. The van der Waals surface area contributed by atoms with Gasteiger partial charge in [0, 0.05) is 32.1 Å². The summed E-state index contributed by atoms with van der Waals surface area (Å²) in [5.74, 6) is -1.41. The Hall–Kier alpha value is -4.55. The molecule has 5 rings (SSSR count). The van der Waals surface area contributed by atoms with Crippen molar-refractivity contribution in [3.8, 4) is 5.75 Å². The molecule has 39 heavy (non-hydrogen) atoms. The molecule has 0 atom stereocenters. The Labute approximate surface area is 222 Å². The van der Waals surface area contributed by atoms with Gasteiger partial charge in [-0.1, -0.05) is 6.07 Å². The van der Waals surface area contributed by atoms with E-state index in [9.17, 15) is 23.6 Å². The van der Waals surface area contributed by atoms with E-state index >= 15 is 0 Å². The van der Waals surface area contributed by atoms with Gasteiger partial charge in [-0.15, -0.1) is 0 Å². The number of fused-ring (bicyclic) bond motifs is 2. The number of ether oxygens (including phenoxy) is 1. The van der Waals surface area contributed by atoms with Crippen LogP contribution in [-0.2, 0) is 16.1 Å². The average Bonchev–Trinajstić information content (AvgIpc) is 3.34. The number of benzene rings is 1. The van der Waals surface area contributed by atoms with E-state index in [1.54, 1.807) is 25.2 Å². The zero-order valence-electron chi connectivity index (χ0n) is 21.3. The largest absolute Gasteiger partial charge is 0.482 e. The van der Waals surface area contributed by atoms with Gasteiger partial charge in [0.1, 0.15) is 17.1 Å². The predicted octanol–water partition coefficient (Wildman–Crippen LogP) is 1.41. The molecule has 3 aromatic rings. The molecule has 2 aliphatic rings. The number of hydrogen-bond donors (Lipinski definition) is 4. The maximum atomic E-state index is 14.4. The molecule has 1 aliphatic carbocycles. The second kappa shape index (κ2) is 11.1. The monoisotopic (exact) mass is 537 g/mol. The fourth-order valence-corrected chi connectivity index (χ4v) is 4.89. The topological polar surface area (TPSA) is 156 Å². The van der Waals surface area contributed by atoms with Crippen LogP contribution in [0.4, 0.5) is 10.1 Å². The summed E-state index contributed by atoms with van der Waals surface area (Å²) in [6.07, 6.45) is 4.03. The highest BCUT2D eigenvalue weighted by Crippen LogP contribution is 2.29. The summed E-state index contributed by atoms with van der Waals surface area (Å²) < 4.78 is 20.8. The molecule has 1 aromatic carbocycles. The number of carbonyl (C=O) groups excluding carboxylic acids is 4. The number of amides is 4. The lowest BCUT2D eigenvalue weighted by molar-refractivity contribution is -0.125. The van der Waals surface area contributed by atoms with Crippen molar-refractivity contribution >= 4 is 35.0 Å². The third-order valence-electron chi connectivity index (χ3n) is 7.04. The Kier molecular flexibility index (Phi) is 7.39. The number of hydrogen-bond acceptors (Lipinski definition) is 7. The van der Waals surface area contributed by atoms with Crippen molar-refractivity contribution in [2.24, 2.45) is 11.8 Å². The molecular formula is C26H28FN7O5. The van der Waals surface area contributed by atoms with E-state index in [0.717, 1.165) is 36.4 Å². The minimum atomic E-state index is -0.767. The van der Waals surface area contributed by atoms with Crippen LogP contribution in [0.3, 0.4) is 0 Å². The van der Waals surface area contributed by atoms with E-state index in [-0.39, 0.29) is 53.8 Å². The number of halogens is 1. The van der Waals surface area contributed by atoms with Crippen molar-refractivity contribution in [2.75, 3.05) is 25.5 Å². The van der Waals surface area contributed by atoms with Crippen LogP contribution in [0.5, 0.6) is 5.75 Å². The van der Waals surface area contributed by atoms with Gasteiger partial charge < -0.3 is 26.0 Å². The molecule has 0 saturated heterocycles. The molecule has 1 saturated carbocycles. The molecule has 4 N–H and O–H groups in total. The Balaban J connectivity index is 1.26. The van der Waals surface area contributed by atoms with Gasteiger partial charge in [-0.25, -0.2) is 13.9 Å². The highest BCUT2D eigenvalue weighted by molar-refractivity contribution is 5.98. The third-order valence-corrected chi connectivity index (χ3v) is 7.04. The van der Waals surface area contributed by atoms with Crippen molar-refractivity contribution in [3.05, 3.63) is 53.2 Å². The van der Waals surface area contributed by atoms with E-state index in [0.29, 0.717) is 23.5 Å². The van der Waals surface area contributed by atoms with E-state index in [4.69, 9.17) is 4.74 Å². The lowest BCUT2D eigenvalue weighted by atomic mass is 9.81. The van der Waals surface area contributed by atoms with Gasteiger partial charge in [-0.2, -0.15) is 5.10 Å². The first-order valence-corrected chi connectivity index (χ1v) is 12.7. The first-order valence-electron chi connectivity index (χ1n) is 12.7. The van der Waals surface area contributed by atoms with Crippen LogP contribution in [-0.4, -0.2) is 58.4 Å². The van der Waals surface area contributed by atoms with Crippen molar-refractivity contribution < 1.29 is 28.3 Å². The molecule has 1 aliphatic heterocycles. The number of carbonyl (C=O) groups is 4. The van der Waals surface area contributed by atoms with Crippen molar-refractivity contribution in [1.82, 2.24) is 30.5 Å². The molecule has 3 heterocycles. The predicted molar refractivity (Wildman–Crippen MR) is 137 cm³/mol. The van der Waals surface area contributed by atoms with Crippen LogP contribution in [0.1, 0.15) is 52.2 Å². The summed E-state index contributed by atoms with van der Waals surface area (Å²) in [5, 5.41) is 14.9. The minimum absolute atomic E-state index is 0.0108. The third kappa shape index (κ3) is 5.66. The van der Waals surface area contributed by atoms with Gasteiger partial charge in [0.2, 0.25) is 5.91 Å². The van der Waals surface area contributed by atoms with Crippen LogP contribution >= 0.6 is 0 Å². The second-order valence-corrected chi connectivity index (χ2v) is 9.65. The standard InChI is InChI=1S/C26H28FN7O5/c1-28-24(36)16-5-2-14(3-6-16)10-30-26(38)20-9-19(33-23-17(27)12-31-34(20)23)25(37)29-11-15-4-7-21-18(8-15)32-22(35)13-39-21/h4,7-9,12,14,16H,2-3,5-6,10-11,13H2,1H3,(H,28,36)(H,29,37)(H,30,38)(H,32,35). The van der Waals surface area contributed by atoms with Gasteiger partial charge in [0.15, 0.2) is 18.1 Å². The maximum absolute atomic E-state index is 14.4. The summed E-state index contributed by atoms with van der Waals surface area (Å²) in [6.45, 7) is 0.418. The fraction of sp³-hybridized carbons (Fsp3) is 0.385. The normalized spacial score (nSPS) is 18.5. The molecule has 0 spiro atoms. The Morgan fingerprint density at radius 1 is 1.13 bits per heavy atom. The Morgan fingerprint density at radius 2 is 1.92 bits per heavy atom. The minimum Gasteiger partial charge on any atom is -0.482 e. The molecule has 0 unspecified atom stereocenters. The molecule has 2 aromatic heterocycles. The van der Waals surface area contributed by atoms with E-state index in [2.05, 4.69) is 31.3 Å². The van der Waals surface area contributed by atoms with Crippen LogP contribution in [0.2, 0.25) is 0 Å². The van der Waals surface area contributed by atoms with Crippen LogP contribution in [0, 0.1) is 17.7 Å². The number of rotatable bonds is 7. The summed E-state index contributed by atoms with van der Waals surface area (Å²) in [6, 6.07) is 6.38. The van der Waals surface area contributed by atoms with E-state index in [1.165, 1.54) is 6.07 Å². The first-order chi connectivity index (χ1) is 18.8. The zero-order valence-corrected chi connectivity index (χ0v) is 21.3. The highest BCUT2D eigenvalue weighted by atomic mass is 19.1. The number of nitrogens with zero attached hydrogens (tertiary/aromatic N) is 3. The Bertz CT molecular complexity index is 1450. The van der Waals surface area contributed by atoms with Crippen LogP contribution < -0.4 is 26.0 Å². The molecule has 204 valence electrons. The summed E-state index contributed by atoms with van der Waals surface area (Å²) in [7, 11) is 1.63. The SMILES string of the molecule is CNC(=O)C1CCC(CNC(=O)c2cc(C(=O)NCc3ccc4c(c3)NC(=O)CO4)nc3c(F)cnn23)CC1.